The van der Waals surface area contributed by atoms with E-state index in [1.165, 1.54) is 6.92 Å². The summed E-state index contributed by atoms with van der Waals surface area (Å²) in [6, 6.07) is 13.8. The van der Waals surface area contributed by atoms with Crippen molar-refractivity contribution in [3.05, 3.63) is 64.7 Å². The molecule has 0 saturated carbocycles. The molecule has 23 heavy (non-hydrogen) atoms. The minimum Gasteiger partial charge on any atom is -0.322 e. The van der Waals surface area contributed by atoms with Crippen molar-refractivity contribution in [1.82, 2.24) is 5.43 Å². The standard InChI is InChI=1S/C17H16ClN3O2/c1-11(20-21-12(2)22)13-5-9-16(10-6-13)19-17(23)14-3-7-15(18)8-4-14/h3-10H,1-2H3,(H,19,23)(H,21,22). The van der Waals surface area contributed by atoms with Crippen molar-refractivity contribution in [3.8, 4) is 0 Å². The van der Waals surface area contributed by atoms with Gasteiger partial charge in [-0.2, -0.15) is 5.10 Å². The van der Waals surface area contributed by atoms with Gasteiger partial charge in [0.15, 0.2) is 0 Å². The fourth-order valence-corrected chi connectivity index (χ4v) is 1.95. The van der Waals surface area contributed by atoms with Crippen LogP contribution in [0.5, 0.6) is 0 Å². The smallest absolute Gasteiger partial charge is 0.255 e. The number of carbonyl (C=O) groups excluding carboxylic acids is 2. The summed E-state index contributed by atoms with van der Waals surface area (Å²) >= 11 is 5.80. The summed E-state index contributed by atoms with van der Waals surface area (Å²) in [5.74, 6) is -0.436. The third kappa shape index (κ3) is 4.93. The lowest BCUT2D eigenvalue weighted by atomic mass is 10.1. The molecule has 0 heterocycles. The van der Waals surface area contributed by atoms with Gasteiger partial charge in [-0.25, -0.2) is 5.43 Å². The topological polar surface area (TPSA) is 70.6 Å². The van der Waals surface area contributed by atoms with Crippen LogP contribution in [-0.2, 0) is 4.79 Å². The van der Waals surface area contributed by atoms with E-state index in [9.17, 15) is 9.59 Å². The number of nitrogens with zero attached hydrogens (tertiary/aromatic N) is 1. The molecule has 0 aromatic heterocycles. The van der Waals surface area contributed by atoms with Crippen LogP contribution in [-0.4, -0.2) is 17.5 Å². The summed E-state index contributed by atoms with van der Waals surface area (Å²) in [5.41, 5.74) is 5.11. The highest BCUT2D eigenvalue weighted by Gasteiger charge is 2.06. The number of amides is 2. The molecule has 5 nitrogen and oxygen atoms in total. The third-order valence-electron chi connectivity index (χ3n) is 3.05. The Bertz CT molecular complexity index is 737. The Kier molecular flexibility index (Phi) is 5.49. The van der Waals surface area contributed by atoms with Crippen molar-refractivity contribution in [2.24, 2.45) is 5.10 Å². The van der Waals surface area contributed by atoms with Gasteiger partial charge >= 0.3 is 0 Å². The average molecular weight is 330 g/mol. The zero-order valence-electron chi connectivity index (χ0n) is 12.8. The number of halogens is 1. The normalized spacial score (nSPS) is 11.0. The number of rotatable bonds is 4. The van der Waals surface area contributed by atoms with Crippen LogP contribution in [0.2, 0.25) is 5.02 Å². The number of benzene rings is 2. The summed E-state index contributed by atoms with van der Waals surface area (Å²) < 4.78 is 0. The highest BCUT2D eigenvalue weighted by Crippen LogP contribution is 2.14. The highest BCUT2D eigenvalue weighted by atomic mass is 35.5. The van der Waals surface area contributed by atoms with Crippen molar-refractivity contribution in [3.63, 3.8) is 0 Å². The minimum atomic E-state index is -0.226. The van der Waals surface area contributed by atoms with Crippen molar-refractivity contribution < 1.29 is 9.59 Å². The molecule has 0 aliphatic heterocycles. The van der Waals surface area contributed by atoms with Crippen LogP contribution in [0.4, 0.5) is 5.69 Å². The molecule has 0 aliphatic carbocycles. The van der Waals surface area contributed by atoms with E-state index >= 15 is 0 Å². The molecule has 2 N–H and O–H groups in total. The lowest BCUT2D eigenvalue weighted by Gasteiger charge is -2.07. The quantitative estimate of drug-likeness (QED) is 0.666. The molecule has 0 unspecified atom stereocenters. The second kappa shape index (κ2) is 7.56. The van der Waals surface area contributed by atoms with Crippen LogP contribution in [0.3, 0.4) is 0 Å². The lowest BCUT2D eigenvalue weighted by Crippen LogP contribution is -2.15. The summed E-state index contributed by atoms with van der Waals surface area (Å²) in [7, 11) is 0. The van der Waals surface area contributed by atoms with Gasteiger partial charge in [0.25, 0.3) is 5.91 Å². The molecule has 0 aliphatic rings. The van der Waals surface area contributed by atoms with Gasteiger partial charge in [-0.05, 0) is 48.9 Å². The van der Waals surface area contributed by atoms with Crippen LogP contribution in [0.15, 0.2) is 53.6 Å². The predicted molar refractivity (Wildman–Crippen MR) is 91.9 cm³/mol. The second-order valence-electron chi connectivity index (χ2n) is 4.90. The van der Waals surface area contributed by atoms with E-state index in [0.29, 0.717) is 22.0 Å². The Labute approximate surface area is 139 Å². The second-order valence-corrected chi connectivity index (χ2v) is 5.34. The summed E-state index contributed by atoms with van der Waals surface area (Å²) in [6.45, 7) is 3.18. The number of carbonyl (C=O) groups is 2. The van der Waals surface area contributed by atoms with E-state index in [1.54, 1.807) is 43.3 Å². The van der Waals surface area contributed by atoms with Crippen LogP contribution >= 0.6 is 11.6 Å². The van der Waals surface area contributed by atoms with E-state index in [0.717, 1.165) is 5.56 Å². The summed E-state index contributed by atoms with van der Waals surface area (Å²) in [4.78, 5) is 22.9. The fourth-order valence-electron chi connectivity index (χ4n) is 1.83. The first-order valence-corrected chi connectivity index (χ1v) is 7.32. The highest BCUT2D eigenvalue weighted by molar-refractivity contribution is 6.30. The van der Waals surface area contributed by atoms with Gasteiger partial charge in [-0.15, -0.1) is 0 Å². The number of hydrogen-bond donors (Lipinski definition) is 2. The first-order valence-electron chi connectivity index (χ1n) is 6.94. The van der Waals surface area contributed by atoms with Crippen molar-refractivity contribution >= 4 is 34.8 Å². The Hall–Kier alpha value is -2.66. The molecule has 0 spiro atoms. The molecule has 6 heteroatoms. The molecule has 0 radical (unpaired) electrons. The van der Waals surface area contributed by atoms with Crippen LogP contribution in [0.25, 0.3) is 0 Å². The maximum atomic E-state index is 12.1. The molecule has 2 aromatic carbocycles. The van der Waals surface area contributed by atoms with Crippen LogP contribution < -0.4 is 10.7 Å². The summed E-state index contributed by atoms with van der Waals surface area (Å²) in [6.07, 6.45) is 0. The van der Waals surface area contributed by atoms with Gasteiger partial charge in [-0.3, -0.25) is 9.59 Å². The molecular formula is C17H16ClN3O2. The Morgan fingerprint density at radius 3 is 2.04 bits per heavy atom. The minimum absolute atomic E-state index is 0.210. The van der Waals surface area contributed by atoms with Gasteiger partial charge in [0.1, 0.15) is 0 Å². The van der Waals surface area contributed by atoms with Crippen molar-refractivity contribution in [2.45, 2.75) is 13.8 Å². The molecule has 118 valence electrons. The number of hydrogen-bond acceptors (Lipinski definition) is 3. The molecule has 0 saturated heterocycles. The molecule has 2 aromatic rings. The van der Waals surface area contributed by atoms with Gasteiger partial charge in [0.05, 0.1) is 5.71 Å². The lowest BCUT2D eigenvalue weighted by molar-refractivity contribution is -0.118. The SMILES string of the molecule is CC(=O)NN=C(C)c1ccc(NC(=O)c2ccc(Cl)cc2)cc1. The number of anilines is 1. The fraction of sp³-hybridized carbons (Fsp3) is 0.118. The first-order chi connectivity index (χ1) is 11.0. The molecular weight excluding hydrogens is 314 g/mol. The van der Waals surface area contributed by atoms with E-state index in [4.69, 9.17) is 11.6 Å². The van der Waals surface area contributed by atoms with Gasteiger partial charge in [0.2, 0.25) is 5.91 Å². The largest absolute Gasteiger partial charge is 0.322 e. The predicted octanol–water partition coefficient (Wildman–Crippen LogP) is 3.45. The first kappa shape index (κ1) is 16.7. The zero-order chi connectivity index (χ0) is 16.8. The maximum Gasteiger partial charge on any atom is 0.255 e. The van der Waals surface area contributed by atoms with Crippen LogP contribution in [0.1, 0.15) is 29.8 Å². The van der Waals surface area contributed by atoms with E-state index in [1.807, 2.05) is 12.1 Å². The molecule has 2 rings (SSSR count). The van der Waals surface area contributed by atoms with E-state index in [-0.39, 0.29) is 11.8 Å². The molecule has 2 amide bonds. The Balaban J connectivity index is 2.05. The monoisotopic (exact) mass is 329 g/mol. The number of nitrogens with one attached hydrogen (secondary N) is 2. The van der Waals surface area contributed by atoms with Gasteiger partial charge < -0.3 is 5.32 Å². The molecule has 0 bridgehead atoms. The Morgan fingerprint density at radius 2 is 1.48 bits per heavy atom. The van der Waals surface area contributed by atoms with Crippen molar-refractivity contribution in [1.29, 1.82) is 0 Å². The van der Waals surface area contributed by atoms with Crippen LogP contribution in [0, 0.1) is 0 Å². The molecule has 0 fully saturated rings. The van der Waals surface area contributed by atoms with Crippen molar-refractivity contribution in [2.75, 3.05) is 5.32 Å². The number of hydrazone groups is 1. The average Bonchev–Trinajstić information content (AvgIpc) is 2.54. The van der Waals surface area contributed by atoms with Gasteiger partial charge in [0, 0.05) is 23.2 Å². The van der Waals surface area contributed by atoms with E-state index in [2.05, 4.69) is 15.8 Å². The van der Waals surface area contributed by atoms with E-state index < -0.39 is 0 Å². The van der Waals surface area contributed by atoms with Gasteiger partial charge in [-0.1, -0.05) is 23.7 Å². The summed E-state index contributed by atoms with van der Waals surface area (Å²) in [5, 5.41) is 7.34. The maximum absolute atomic E-state index is 12.1. The Morgan fingerprint density at radius 1 is 0.913 bits per heavy atom. The third-order valence-corrected chi connectivity index (χ3v) is 3.30. The zero-order valence-corrected chi connectivity index (χ0v) is 13.5. The molecule has 0 atom stereocenters.